The minimum Gasteiger partial charge on any atom is -0.490 e. The number of esters is 1. The Morgan fingerprint density at radius 2 is 1.62 bits per heavy atom. The van der Waals surface area contributed by atoms with Crippen LogP contribution in [0.15, 0.2) is 71.8 Å². The monoisotopic (exact) mass is 508 g/mol. The zero-order valence-corrected chi connectivity index (χ0v) is 19.4. The van der Waals surface area contributed by atoms with Gasteiger partial charge in [-0.1, -0.05) is 30.3 Å². The van der Waals surface area contributed by atoms with Gasteiger partial charge in [-0.05, 0) is 36.2 Å². The molecule has 3 aromatic carbocycles. The third-order valence-corrected chi connectivity index (χ3v) is 4.61. The van der Waals surface area contributed by atoms with E-state index in [1.807, 2.05) is 18.2 Å². The van der Waals surface area contributed by atoms with Crippen molar-refractivity contribution < 1.29 is 33.6 Å². The number of non-ortho nitro benzene ring substituents is 2. The Balaban J connectivity index is 1.69. The molecule has 3 aromatic rings. The van der Waals surface area contributed by atoms with Crippen molar-refractivity contribution in [2.45, 2.75) is 13.5 Å². The van der Waals surface area contributed by atoms with E-state index in [1.54, 1.807) is 19.1 Å². The molecule has 0 radical (unpaired) electrons. The van der Waals surface area contributed by atoms with Crippen LogP contribution in [0.3, 0.4) is 0 Å². The van der Waals surface area contributed by atoms with E-state index in [0.29, 0.717) is 5.56 Å². The van der Waals surface area contributed by atoms with Gasteiger partial charge in [0.25, 0.3) is 11.4 Å². The number of hydrazone groups is 1. The quantitative estimate of drug-likeness (QED) is 0.137. The van der Waals surface area contributed by atoms with Crippen LogP contribution in [-0.2, 0) is 11.3 Å². The zero-order valence-electron chi connectivity index (χ0n) is 19.4. The zero-order chi connectivity index (χ0) is 26.8. The predicted octanol–water partition coefficient (Wildman–Crippen LogP) is 4.38. The molecule has 0 heterocycles. The number of carbonyl (C=O) groups excluding carboxylic acids is 2. The first-order valence-corrected chi connectivity index (χ1v) is 10.7. The fourth-order valence-corrected chi connectivity index (χ4v) is 2.96. The summed E-state index contributed by atoms with van der Waals surface area (Å²) in [6, 6.07) is 15.9. The van der Waals surface area contributed by atoms with Gasteiger partial charge in [-0.3, -0.25) is 20.2 Å². The second kappa shape index (κ2) is 12.4. The first-order chi connectivity index (χ1) is 17.8. The van der Waals surface area contributed by atoms with E-state index in [4.69, 9.17) is 14.2 Å². The predicted molar refractivity (Wildman–Crippen MR) is 130 cm³/mol. The van der Waals surface area contributed by atoms with Gasteiger partial charge in [-0.25, -0.2) is 15.0 Å². The molecule has 1 N–H and O–H groups in total. The maximum Gasteiger partial charge on any atom is 0.428 e. The molecule has 1 amide bonds. The Morgan fingerprint density at radius 1 is 0.946 bits per heavy atom. The van der Waals surface area contributed by atoms with Crippen LogP contribution in [0.5, 0.6) is 11.5 Å². The third kappa shape index (κ3) is 7.58. The van der Waals surface area contributed by atoms with Gasteiger partial charge in [0.2, 0.25) is 0 Å². The number of carbonyl (C=O) groups is 2. The summed E-state index contributed by atoms with van der Waals surface area (Å²) in [6.07, 6.45) is 0.545. The molecule has 0 atom stereocenters. The first-order valence-electron chi connectivity index (χ1n) is 10.7. The molecular weight excluding hydrogens is 488 g/mol. The Kier molecular flexibility index (Phi) is 8.80. The Labute approximate surface area is 209 Å². The molecule has 0 spiro atoms. The highest BCUT2D eigenvalue weighted by molar-refractivity contribution is 5.93. The molecular formula is C24H20N4O9. The number of nitro benzene ring substituents is 2. The SMILES string of the molecule is CCOc1cc(/C=N/NC(=O)OCc2ccccc2)ccc1OC(=O)c1cc([N+](=O)[O-])cc([N+](=O)[O-])c1. The lowest BCUT2D eigenvalue weighted by Gasteiger charge is -2.11. The van der Waals surface area contributed by atoms with Crippen LogP contribution < -0.4 is 14.9 Å². The molecule has 0 unspecified atom stereocenters. The number of hydrogen-bond acceptors (Lipinski definition) is 10. The van der Waals surface area contributed by atoms with Gasteiger partial charge < -0.3 is 14.2 Å². The lowest BCUT2D eigenvalue weighted by Crippen LogP contribution is -2.18. The van der Waals surface area contributed by atoms with E-state index < -0.39 is 33.3 Å². The van der Waals surface area contributed by atoms with E-state index in [-0.39, 0.29) is 30.3 Å². The summed E-state index contributed by atoms with van der Waals surface area (Å²) < 4.78 is 15.8. The lowest BCUT2D eigenvalue weighted by molar-refractivity contribution is -0.394. The smallest absolute Gasteiger partial charge is 0.428 e. The van der Waals surface area contributed by atoms with E-state index >= 15 is 0 Å². The van der Waals surface area contributed by atoms with E-state index in [0.717, 1.165) is 23.8 Å². The summed E-state index contributed by atoms with van der Waals surface area (Å²) in [4.78, 5) is 44.9. The maximum atomic E-state index is 12.6. The van der Waals surface area contributed by atoms with Gasteiger partial charge in [0, 0.05) is 12.1 Å². The molecule has 0 fully saturated rings. The van der Waals surface area contributed by atoms with Gasteiger partial charge >= 0.3 is 12.1 Å². The van der Waals surface area contributed by atoms with Gasteiger partial charge in [0.05, 0.1) is 34.3 Å². The van der Waals surface area contributed by atoms with Crippen LogP contribution in [-0.4, -0.2) is 34.7 Å². The second-order valence-electron chi connectivity index (χ2n) is 7.21. The fraction of sp³-hybridized carbons (Fsp3) is 0.125. The first kappa shape index (κ1) is 26.3. The van der Waals surface area contributed by atoms with Crippen LogP contribution in [0.4, 0.5) is 16.2 Å². The summed E-state index contributed by atoms with van der Waals surface area (Å²) >= 11 is 0. The topological polar surface area (TPSA) is 172 Å². The van der Waals surface area contributed by atoms with Crippen molar-refractivity contribution in [2.24, 2.45) is 5.10 Å². The van der Waals surface area contributed by atoms with Crippen LogP contribution in [0.1, 0.15) is 28.4 Å². The Morgan fingerprint density at radius 3 is 2.24 bits per heavy atom. The number of amides is 1. The third-order valence-electron chi connectivity index (χ3n) is 4.61. The highest BCUT2D eigenvalue weighted by atomic mass is 16.6. The summed E-state index contributed by atoms with van der Waals surface area (Å²) in [5.41, 5.74) is 1.86. The molecule has 13 heteroatoms. The molecule has 0 aliphatic carbocycles. The Bertz CT molecular complexity index is 1310. The highest BCUT2D eigenvalue weighted by Crippen LogP contribution is 2.30. The molecule has 0 aliphatic heterocycles. The van der Waals surface area contributed by atoms with Crippen molar-refractivity contribution in [3.63, 3.8) is 0 Å². The molecule has 13 nitrogen and oxygen atoms in total. The van der Waals surface area contributed by atoms with Crippen molar-refractivity contribution >= 4 is 29.7 Å². The van der Waals surface area contributed by atoms with Gasteiger partial charge in [-0.2, -0.15) is 5.10 Å². The van der Waals surface area contributed by atoms with Crippen LogP contribution >= 0.6 is 0 Å². The largest absolute Gasteiger partial charge is 0.490 e. The van der Waals surface area contributed by atoms with E-state index in [2.05, 4.69) is 10.5 Å². The van der Waals surface area contributed by atoms with Crippen molar-refractivity contribution in [3.8, 4) is 11.5 Å². The van der Waals surface area contributed by atoms with Crippen molar-refractivity contribution in [3.05, 3.63) is 104 Å². The number of nitrogens with one attached hydrogen (secondary N) is 1. The molecule has 0 aliphatic rings. The second-order valence-corrected chi connectivity index (χ2v) is 7.21. The molecule has 0 saturated carbocycles. The number of nitrogens with zero attached hydrogens (tertiary/aromatic N) is 3. The normalized spacial score (nSPS) is 10.5. The number of benzene rings is 3. The van der Waals surface area contributed by atoms with Crippen molar-refractivity contribution in [1.82, 2.24) is 5.43 Å². The average molecular weight is 508 g/mol. The lowest BCUT2D eigenvalue weighted by atomic mass is 10.1. The van der Waals surface area contributed by atoms with Crippen LogP contribution in [0.2, 0.25) is 0 Å². The van der Waals surface area contributed by atoms with Crippen molar-refractivity contribution in [2.75, 3.05) is 6.61 Å². The van der Waals surface area contributed by atoms with E-state index in [9.17, 15) is 29.8 Å². The van der Waals surface area contributed by atoms with Crippen LogP contribution in [0.25, 0.3) is 0 Å². The molecule has 37 heavy (non-hydrogen) atoms. The Hall–Kier alpha value is -5.33. The van der Waals surface area contributed by atoms with Gasteiger partial charge in [0.15, 0.2) is 11.5 Å². The molecule has 0 aromatic heterocycles. The minimum atomic E-state index is -1.06. The summed E-state index contributed by atoms with van der Waals surface area (Å²) in [7, 11) is 0. The highest BCUT2D eigenvalue weighted by Gasteiger charge is 2.22. The molecule has 0 bridgehead atoms. The van der Waals surface area contributed by atoms with E-state index in [1.165, 1.54) is 24.4 Å². The number of nitro groups is 2. The summed E-state index contributed by atoms with van der Waals surface area (Å²) in [5.74, 6) is -0.961. The number of ether oxygens (including phenoxy) is 3. The fourth-order valence-electron chi connectivity index (χ4n) is 2.96. The standard InChI is InChI=1S/C24H20N4O9/c1-2-35-22-10-17(14-25-26-24(30)36-15-16-6-4-3-5-7-16)8-9-21(22)37-23(29)18-11-19(27(31)32)13-20(12-18)28(33)34/h3-14H,2,15H2,1H3,(H,26,30)/b25-14+. The summed E-state index contributed by atoms with van der Waals surface area (Å²) in [5, 5.41) is 26.0. The summed E-state index contributed by atoms with van der Waals surface area (Å²) in [6.45, 7) is 1.97. The maximum absolute atomic E-state index is 12.6. The molecule has 3 rings (SSSR count). The van der Waals surface area contributed by atoms with Gasteiger partial charge in [0.1, 0.15) is 6.61 Å². The minimum absolute atomic E-state index is 0.0339. The van der Waals surface area contributed by atoms with Crippen LogP contribution in [0, 0.1) is 20.2 Å². The van der Waals surface area contributed by atoms with Gasteiger partial charge in [-0.15, -0.1) is 0 Å². The molecule has 190 valence electrons. The number of rotatable bonds is 10. The number of hydrogen-bond donors (Lipinski definition) is 1. The molecule has 0 saturated heterocycles. The van der Waals surface area contributed by atoms with Crippen molar-refractivity contribution in [1.29, 1.82) is 0 Å². The average Bonchev–Trinajstić information content (AvgIpc) is 2.89.